The van der Waals surface area contributed by atoms with Crippen LogP contribution in [0.25, 0.3) is 0 Å². The van der Waals surface area contributed by atoms with Crippen LogP contribution in [0.3, 0.4) is 0 Å². The highest BCUT2D eigenvalue weighted by atomic mass is 32.2. The maximum atomic E-state index is 12.6. The van der Waals surface area contributed by atoms with Gasteiger partial charge in [-0.1, -0.05) is 6.07 Å². The number of benzene rings is 2. The van der Waals surface area contributed by atoms with Crippen molar-refractivity contribution in [3.05, 3.63) is 53.6 Å². The molecule has 4 nitrogen and oxygen atoms in total. The molecule has 0 unspecified atom stereocenters. The van der Waals surface area contributed by atoms with Gasteiger partial charge in [0.05, 0.1) is 12.7 Å². The van der Waals surface area contributed by atoms with Gasteiger partial charge in [0.15, 0.2) is 0 Å². The topological polar surface area (TPSA) is 52.6 Å². The second-order valence-electron chi connectivity index (χ2n) is 4.69. The molecule has 0 aromatic heterocycles. The molecule has 2 rings (SSSR count). The van der Waals surface area contributed by atoms with E-state index >= 15 is 0 Å². The summed E-state index contributed by atoms with van der Waals surface area (Å²) < 4.78 is 72.1. The summed E-state index contributed by atoms with van der Waals surface area (Å²) in [7, 11) is -2.81. The molecule has 0 N–H and O–H groups in total. The molecule has 0 amide bonds. The Bertz CT molecular complexity index is 814. The van der Waals surface area contributed by atoms with Crippen LogP contribution >= 0.6 is 0 Å². The minimum atomic E-state index is -4.58. The molecule has 0 saturated heterocycles. The van der Waals surface area contributed by atoms with Gasteiger partial charge in [0.25, 0.3) is 0 Å². The minimum absolute atomic E-state index is 0.173. The van der Waals surface area contributed by atoms with Crippen LogP contribution in [0.5, 0.6) is 11.5 Å². The first-order valence-electron chi connectivity index (χ1n) is 6.40. The molecule has 124 valence electrons. The maximum absolute atomic E-state index is 12.6. The Morgan fingerprint density at radius 3 is 2.30 bits per heavy atom. The predicted molar refractivity (Wildman–Crippen MR) is 77.0 cm³/mol. The molecule has 0 heterocycles. The van der Waals surface area contributed by atoms with Crippen LogP contribution in [0.15, 0.2) is 47.4 Å². The van der Waals surface area contributed by atoms with E-state index in [1.165, 1.54) is 25.3 Å². The number of methoxy groups -OCH3 is 1. The molecule has 0 aliphatic carbocycles. The van der Waals surface area contributed by atoms with E-state index < -0.39 is 27.6 Å². The van der Waals surface area contributed by atoms with Crippen molar-refractivity contribution in [3.8, 4) is 11.5 Å². The largest absolute Gasteiger partial charge is 0.496 e. The average Bonchev–Trinajstić information content (AvgIpc) is 2.46. The summed E-state index contributed by atoms with van der Waals surface area (Å²) >= 11 is 0. The number of halogens is 3. The number of ether oxygens (including phenoxy) is 1. The van der Waals surface area contributed by atoms with E-state index in [9.17, 15) is 21.6 Å². The summed E-state index contributed by atoms with van der Waals surface area (Å²) in [6, 6.07) is 7.70. The summed E-state index contributed by atoms with van der Waals surface area (Å²) in [5.74, 6) is 0.0799. The Morgan fingerprint density at radius 2 is 1.74 bits per heavy atom. The van der Waals surface area contributed by atoms with Crippen molar-refractivity contribution in [3.63, 3.8) is 0 Å². The van der Waals surface area contributed by atoms with Crippen LogP contribution in [-0.4, -0.2) is 15.5 Å². The lowest BCUT2D eigenvalue weighted by Gasteiger charge is -2.11. The van der Waals surface area contributed by atoms with Gasteiger partial charge in [0.2, 0.25) is 0 Å². The van der Waals surface area contributed by atoms with Crippen LogP contribution in [-0.2, 0) is 16.3 Å². The van der Waals surface area contributed by atoms with Crippen LogP contribution in [0.1, 0.15) is 11.1 Å². The van der Waals surface area contributed by atoms with Crippen LogP contribution < -0.4 is 8.92 Å². The van der Waals surface area contributed by atoms with Crippen molar-refractivity contribution in [2.24, 2.45) is 0 Å². The molecule has 23 heavy (non-hydrogen) atoms. The molecule has 0 atom stereocenters. The van der Waals surface area contributed by atoms with Crippen molar-refractivity contribution in [1.82, 2.24) is 0 Å². The van der Waals surface area contributed by atoms with Gasteiger partial charge in [0.1, 0.15) is 16.4 Å². The summed E-state index contributed by atoms with van der Waals surface area (Å²) in [6.45, 7) is 1.64. The smallest absolute Gasteiger partial charge is 0.416 e. The number of hydrogen-bond donors (Lipinski definition) is 0. The molecular weight excluding hydrogens is 333 g/mol. The second-order valence-corrected chi connectivity index (χ2v) is 6.24. The number of rotatable bonds is 4. The van der Waals surface area contributed by atoms with Gasteiger partial charge in [-0.3, -0.25) is 0 Å². The third-order valence-corrected chi connectivity index (χ3v) is 4.27. The molecule has 2 aromatic carbocycles. The normalized spacial score (nSPS) is 12.0. The minimum Gasteiger partial charge on any atom is -0.496 e. The van der Waals surface area contributed by atoms with Gasteiger partial charge in [0, 0.05) is 0 Å². The predicted octanol–water partition coefficient (Wildman–Crippen LogP) is 3.79. The highest BCUT2D eigenvalue weighted by Gasteiger charge is 2.31. The molecule has 8 heteroatoms. The Balaban J connectivity index is 2.33. The van der Waals surface area contributed by atoms with E-state index in [1.54, 1.807) is 6.92 Å². The summed E-state index contributed by atoms with van der Waals surface area (Å²) in [6.07, 6.45) is -4.58. The molecule has 0 bridgehead atoms. The lowest BCUT2D eigenvalue weighted by atomic mass is 10.2. The molecule has 0 aliphatic heterocycles. The molecule has 0 spiro atoms. The second kappa shape index (κ2) is 6.11. The van der Waals surface area contributed by atoms with Gasteiger partial charge in [-0.05, 0) is 48.9 Å². The first-order valence-corrected chi connectivity index (χ1v) is 7.81. The highest BCUT2D eigenvalue weighted by molar-refractivity contribution is 7.87. The first kappa shape index (κ1) is 17.1. The van der Waals surface area contributed by atoms with E-state index in [0.717, 1.165) is 18.2 Å². The Labute approximate surface area is 131 Å². The molecule has 0 saturated carbocycles. The van der Waals surface area contributed by atoms with Crippen molar-refractivity contribution in [2.45, 2.75) is 18.0 Å². The highest BCUT2D eigenvalue weighted by Crippen LogP contribution is 2.32. The standard InChI is InChI=1S/C15H13F3O4S/c1-10-8-13(6-7-14(10)21-2)23(19,20)22-12-5-3-4-11(9-12)15(16,17)18/h3-9H,1-2H3. The van der Waals surface area contributed by atoms with E-state index in [1.807, 2.05) is 0 Å². The molecule has 0 aliphatic rings. The SMILES string of the molecule is COc1ccc(S(=O)(=O)Oc2cccc(C(F)(F)F)c2)cc1C. The van der Waals surface area contributed by atoms with Crippen LogP contribution in [0, 0.1) is 6.92 Å². The van der Waals surface area contributed by atoms with Crippen molar-refractivity contribution in [2.75, 3.05) is 7.11 Å². The van der Waals surface area contributed by atoms with E-state index in [-0.39, 0.29) is 4.90 Å². The van der Waals surface area contributed by atoms with Gasteiger partial charge in [-0.25, -0.2) is 0 Å². The molecule has 0 fully saturated rings. The Hall–Kier alpha value is -2.22. The van der Waals surface area contributed by atoms with E-state index in [4.69, 9.17) is 8.92 Å². The van der Waals surface area contributed by atoms with Crippen LogP contribution in [0.2, 0.25) is 0 Å². The van der Waals surface area contributed by atoms with Crippen molar-refractivity contribution < 1.29 is 30.5 Å². The lowest BCUT2D eigenvalue weighted by molar-refractivity contribution is -0.137. The zero-order valence-corrected chi connectivity index (χ0v) is 13.0. The zero-order chi connectivity index (χ0) is 17.3. The fourth-order valence-electron chi connectivity index (χ4n) is 1.91. The summed E-state index contributed by atoms with van der Waals surface area (Å²) in [5.41, 5.74) is -0.433. The third-order valence-electron chi connectivity index (χ3n) is 3.02. The van der Waals surface area contributed by atoms with Gasteiger partial charge in [-0.15, -0.1) is 0 Å². The molecular formula is C15H13F3O4S. The monoisotopic (exact) mass is 346 g/mol. The van der Waals surface area contributed by atoms with E-state index in [0.29, 0.717) is 17.4 Å². The number of alkyl halides is 3. The average molecular weight is 346 g/mol. The zero-order valence-electron chi connectivity index (χ0n) is 12.2. The number of aryl methyl sites for hydroxylation is 1. The van der Waals surface area contributed by atoms with Gasteiger partial charge >= 0.3 is 16.3 Å². The number of hydrogen-bond acceptors (Lipinski definition) is 4. The summed E-state index contributed by atoms with van der Waals surface area (Å²) in [4.78, 5) is -0.173. The van der Waals surface area contributed by atoms with Crippen molar-refractivity contribution in [1.29, 1.82) is 0 Å². The third kappa shape index (κ3) is 3.95. The van der Waals surface area contributed by atoms with Crippen LogP contribution in [0.4, 0.5) is 13.2 Å². The fraction of sp³-hybridized carbons (Fsp3) is 0.200. The Morgan fingerprint density at radius 1 is 1.04 bits per heavy atom. The lowest BCUT2D eigenvalue weighted by Crippen LogP contribution is -2.11. The maximum Gasteiger partial charge on any atom is 0.416 e. The molecule has 0 radical (unpaired) electrons. The van der Waals surface area contributed by atoms with Crippen molar-refractivity contribution >= 4 is 10.1 Å². The first-order chi connectivity index (χ1) is 10.6. The quantitative estimate of drug-likeness (QED) is 0.791. The van der Waals surface area contributed by atoms with Gasteiger partial charge < -0.3 is 8.92 Å². The van der Waals surface area contributed by atoms with E-state index in [2.05, 4.69) is 0 Å². The van der Waals surface area contributed by atoms with Gasteiger partial charge in [-0.2, -0.15) is 21.6 Å². The summed E-state index contributed by atoms with van der Waals surface area (Å²) in [5, 5.41) is 0. The molecule has 2 aromatic rings. The Kier molecular flexibility index (Phi) is 4.56. The fourth-order valence-corrected chi connectivity index (χ4v) is 2.91.